The number of hydrogen-bond donors (Lipinski definition) is 0. The van der Waals surface area contributed by atoms with Crippen LogP contribution >= 0.6 is 0 Å². The zero-order valence-electron chi connectivity index (χ0n) is 14.0. The Bertz CT molecular complexity index is 501. The van der Waals surface area contributed by atoms with E-state index in [4.69, 9.17) is 14.5 Å². The first kappa shape index (κ1) is 16.3. The summed E-state index contributed by atoms with van der Waals surface area (Å²) in [5.41, 5.74) is -0.596. The zero-order chi connectivity index (χ0) is 16.4. The van der Waals surface area contributed by atoms with E-state index in [1.165, 1.54) is 6.42 Å². The number of carbonyl (C=O) groups excluding carboxylic acids is 2. The van der Waals surface area contributed by atoms with Crippen molar-refractivity contribution >= 4 is 18.0 Å². The lowest BCUT2D eigenvalue weighted by Crippen LogP contribution is -2.41. The van der Waals surface area contributed by atoms with Gasteiger partial charge in [0.25, 0.3) is 0 Å². The molecule has 6 heteroatoms. The number of amides is 1. The molecule has 23 heavy (non-hydrogen) atoms. The molecule has 0 unspecified atom stereocenters. The third kappa shape index (κ3) is 3.35. The lowest BCUT2D eigenvalue weighted by Gasteiger charge is -2.31. The molecule has 0 bridgehead atoms. The maximum absolute atomic E-state index is 12.3. The van der Waals surface area contributed by atoms with Gasteiger partial charge in [-0.2, -0.15) is 0 Å². The van der Waals surface area contributed by atoms with Crippen LogP contribution in [0.4, 0.5) is 4.79 Å². The van der Waals surface area contributed by atoms with Crippen molar-refractivity contribution in [1.29, 1.82) is 0 Å². The van der Waals surface area contributed by atoms with Crippen LogP contribution in [0.2, 0.25) is 0 Å². The molecule has 128 valence electrons. The third-order valence-electron chi connectivity index (χ3n) is 5.02. The molecule has 0 aromatic rings. The van der Waals surface area contributed by atoms with Gasteiger partial charge in [0, 0.05) is 19.0 Å². The van der Waals surface area contributed by atoms with Crippen molar-refractivity contribution in [2.24, 2.45) is 10.9 Å². The predicted molar refractivity (Wildman–Crippen MR) is 85.3 cm³/mol. The number of carbonyl (C=O) groups is 2. The summed E-state index contributed by atoms with van der Waals surface area (Å²) in [6.45, 7) is 4.95. The van der Waals surface area contributed by atoms with Crippen molar-refractivity contribution < 1.29 is 19.1 Å². The van der Waals surface area contributed by atoms with Crippen molar-refractivity contribution in [1.82, 2.24) is 4.90 Å². The van der Waals surface area contributed by atoms with E-state index >= 15 is 0 Å². The summed E-state index contributed by atoms with van der Waals surface area (Å²) in [7, 11) is 0. The van der Waals surface area contributed by atoms with E-state index in [0.29, 0.717) is 19.0 Å². The van der Waals surface area contributed by atoms with E-state index in [9.17, 15) is 9.59 Å². The Morgan fingerprint density at radius 3 is 2.52 bits per heavy atom. The van der Waals surface area contributed by atoms with Crippen LogP contribution in [0.5, 0.6) is 0 Å². The number of cyclic esters (lactones) is 1. The van der Waals surface area contributed by atoms with Gasteiger partial charge in [0.15, 0.2) is 11.4 Å². The average Bonchev–Trinajstić information content (AvgIpc) is 2.84. The molecule has 1 amide bonds. The third-order valence-corrected chi connectivity index (χ3v) is 5.02. The fourth-order valence-electron chi connectivity index (χ4n) is 3.68. The minimum atomic E-state index is -0.596. The van der Waals surface area contributed by atoms with Gasteiger partial charge in [0.2, 0.25) is 0 Å². The summed E-state index contributed by atoms with van der Waals surface area (Å²) in [6.07, 6.45) is 6.08. The van der Waals surface area contributed by atoms with Crippen LogP contribution in [0.15, 0.2) is 4.99 Å². The fourth-order valence-corrected chi connectivity index (χ4v) is 3.68. The van der Waals surface area contributed by atoms with Gasteiger partial charge in [-0.15, -0.1) is 0 Å². The number of likely N-dealkylation sites (tertiary alicyclic amines) is 1. The molecular weight excluding hydrogens is 296 g/mol. The van der Waals surface area contributed by atoms with Gasteiger partial charge >= 0.3 is 12.1 Å². The molecule has 6 nitrogen and oxygen atoms in total. The van der Waals surface area contributed by atoms with Crippen LogP contribution in [0.3, 0.4) is 0 Å². The van der Waals surface area contributed by atoms with E-state index in [2.05, 4.69) is 0 Å². The lowest BCUT2D eigenvalue weighted by molar-refractivity contribution is -0.140. The van der Waals surface area contributed by atoms with Crippen molar-refractivity contribution in [2.75, 3.05) is 13.1 Å². The van der Waals surface area contributed by atoms with Gasteiger partial charge < -0.3 is 14.4 Å². The lowest BCUT2D eigenvalue weighted by atomic mass is 9.82. The topological polar surface area (TPSA) is 68.2 Å². The number of rotatable bonds is 2. The van der Waals surface area contributed by atoms with Gasteiger partial charge in [-0.3, -0.25) is 0 Å². The second-order valence-corrected chi connectivity index (χ2v) is 7.13. The molecule has 0 atom stereocenters. The van der Waals surface area contributed by atoms with Crippen LogP contribution in [-0.4, -0.2) is 47.6 Å². The first-order valence-electron chi connectivity index (χ1n) is 8.78. The maximum atomic E-state index is 12.3. The average molecular weight is 322 g/mol. The first-order valence-corrected chi connectivity index (χ1v) is 8.78. The van der Waals surface area contributed by atoms with E-state index in [1.807, 2.05) is 13.8 Å². The Kier molecular flexibility index (Phi) is 4.60. The van der Waals surface area contributed by atoms with E-state index in [1.54, 1.807) is 4.90 Å². The van der Waals surface area contributed by atoms with Crippen LogP contribution in [0, 0.1) is 5.92 Å². The molecular formula is C17H26N2O4. The molecule has 1 saturated carbocycles. The quantitative estimate of drug-likeness (QED) is 0.733. The molecule has 2 fully saturated rings. The van der Waals surface area contributed by atoms with Gasteiger partial charge in [0.1, 0.15) is 0 Å². The number of aliphatic imine (C=N–C) groups is 1. The van der Waals surface area contributed by atoms with Crippen molar-refractivity contribution in [3.8, 4) is 0 Å². The molecule has 0 aromatic carbocycles. The molecule has 3 rings (SSSR count). The molecule has 3 aliphatic rings. The summed E-state index contributed by atoms with van der Waals surface area (Å²) >= 11 is 0. The van der Waals surface area contributed by atoms with Gasteiger partial charge in [-0.05, 0) is 39.5 Å². The standard InChI is InChI=1S/C17H26N2O4/c1-12(2)22-16(21)19-10-6-13(7-11-19)14-18-17(15(20)23-14)8-4-3-5-9-17/h12-13H,3-11H2,1-2H3. The van der Waals surface area contributed by atoms with Gasteiger partial charge in [-0.25, -0.2) is 14.6 Å². The van der Waals surface area contributed by atoms with E-state index in [-0.39, 0.29) is 24.1 Å². The highest BCUT2D eigenvalue weighted by Gasteiger charge is 2.48. The predicted octanol–water partition coefficient (Wildman–Crippen LogP) is 2.90. The number of ether oxygens (including phenoxy) is 2. The summed E-state index contributed by atoms with van der Waals surface area (Å²) in [6, 6.07) is 0. The summed E-state index contributed by atoms with van der Waals surface area (Å²) < 4.78 is 10.8. The second-order valence-electron chi connectivity index (χ2n) is 7.13. The molecule has 1 saturated heterocycles. The molecule has 1 aliphatic carbocycles. The van der Waals surface area contributed by atoms with Crippen molar-refractivity contribution in [2.45, 2.75) is 70.4 Å². The SMILES string of the molecule is CC(C)OC(=O)N1CCC(C2=NC3(CCCCC3)C(=O)O2)CC1. The Balaban J connectivity index is 1.59. The molecule has 0 radical (unpaired) electrons. The molecule has 1 spiro atoms. The van der Waals surface area contributed by atoms with Crippen LogP contribution in [0.1, 0.15) is 58.8 Å². The molecule has 2 heterocycles. The monoisotopic (exact) mass is 322 g/mol. The normalized spacial score (nSPS) is 24.7. The highest BCUT2D eigenvalue weighted by molar-refractivity contribution is 6.01. The number of nitrogens with zero attached hydrogens (tertiary/aromatic N) is 2. The van der Waals surface area contributed by atoms with E-state index < -0.39 is 5.54 Å². The Labute approximate surface area is 137 Å². The number of piperidine rings is 1. The largest absolute Gasteiger partial charge is 0.447 e. The minimum absolute atomic E-state index is 0.105. The smallest absolute Gasteiger partial charge is 0.410 e. The maximum Gasteiger partial charge on any atom is 0.410 e. The summed E-state index contributed by atoms with van der Waals surface area (Å²) in [5.74, 6) is 0.589. The van der Waals surface area contributed by atoms with Gasteiger partial charge in [-0.1, -0.05) is 19.3 Å². The van der Waals surface area contributed by atoms with Crippen LogP contribution < -0.4 is 0 Å². The summed E-state index contributed by atoms with van der Waals surface area (Å²) in [4.78, 5) is 30.6. The molecule has 0 N–H and O–H groups in total. The highest BCUT2D eigenvalue weighted by Crippen LogP contribution is 2.38. The minimum Gasteiger partial charge on any atom is -0.447 e. The number of esters is 1. The second kappa shape index (κ2) is 6.49. The Hall–Kier alpha value is -1.59. The van der Waals surface area contributed by atoms with Crippen molar-refractivity contribution in [3.63, 3.8) is 0 Å². The molecule has 0 aromatic heterocycles. The van der Waals surface area contributed by atoms with E-state index in [0.717, 1.165) is 38.5 Å². The van der Waals surface area contributed by atoms with Crippen molar-refractivity contribution in [3.05, 3.63) is 0 Å². The van der Waals surface area contributed by atoms with Crippen LogP contribution in [-0.2, 0) is 14.3 Å². The van der Waals surface area contributed by atoms with Gasteiger partial charge in [0.05, 0.1) is 6.10 Å². The zero-order valence-corrected chi connectivity index (χ0v) is 14.0. The summed E-state index contributed by atoms with van der Waals surface area (Å²) in [5, 5.41) is 0. The Morgan fingerprint density at radius 1 is 1.26 bits per heavy atom. The fraction of sp³-hybridized carbons (Fsp3) is 0.824. The number of hydrogen-bond acceptors (Lipinski definition) is 5. The highest BCUT2D eigenvalue weighted by atomic mass is 16.6. The van der Waals surface area contributed by atoms with Crippen LogP contribution in [0.25, 0.3) is 0 Å². The molecule has 2 aliphatic heterocycles. The first-order chi connectivity index (χ1) is 11.0. The Morgan fingerprint density at radius 2 is 1.91 bits per heavy atom.